The van der Waals surface area contributed by atoms with E-state index in [0.29, 0.717) is 6.54 Å². The molecule has 1 amide bonds. The Labute approximate surface area is 149 Å². The standard InChI is InChI=1S/C18H18ClF3N2O/c1-12-4-2-3-5-13(12)11-24-17(25)8-9-23-16-10-14(18(20,21)22)6-7-15(16)19/h2-7,10,23H,8-9,11H2,1H3,(H,24,25). The molecule has 0 aliphatic carbocycles. The van der Waals surface area contributed by atoms with Crippen LogP contribution in [-0.2, 0) is 17.5 Å². The minimum Gasteiger partial charge on any atom is -0.383 e. The number of carbonyl (C=O) groups excluding carboxylic acids is 1. The average Bonchev–Trinajstić information content (AvgIpc) is 2.55. The highest BCUT2D eigenvalue weighted by Crippen LogP contribution is 2.33. The molecule has 2 rings (SSSR count). The number of aryl methyl sites for hydroxylation is 1. The first kappa shape index (κ1) is 19.1. The SMILES string of the molecule is Cc1ccccc1CNC(=O)CCNc1cc(C(F)(F)F)ccc1Cl. The summed E-state index contributed by atoms with van der Waals surface area (Å²) in [5, 5.41) is 5.73. The van der Waals surface area contributed by atoms with Gasteiger partial charge in [0.05, 0.1) is 16.3 Å². The molecule has 0 spiro atoms. The molecule has 0 saturated carbocycles. The van der Waals surface area contributed by atoms with Gasteiger partial charge in [0.25, 0.3) is 0 Å². The highest BCUT2D eigenvalue weighted by molar-refractivity contribution is 6.33. The molecular weight excluding hydrogens is 353 g/mol. The number of nitrogens with one attached hydrogen (secondary N) is 2. The van der Waals surface area contributed by atoms with Crippen LogP contribution in [0.2, 0.25) is 5.02 Å². The molecule has 134 valence electrons. The Morgan fingerprint density at radius 2 is 1.88 bits per heavy atom. The second-order valence-electron chi connectivity index (χ2n) is 5.57. The molecule has 0 aliphatic heterocycles. The highest BCUT2D eigenvalue weighted by atomic mass is 35.5. The van der Waals surface area contributed by atoms with E-state index < -0.39 is 11.7 Å². The number of halogens is 4. The molecule has 0 aromatic heterocycles. The van der Waals surface area contributed by atoms with E-state index in [1.165, 1.54) is 6.07 Å². The summed E-state index contributed by atoms with van der Waals surface area (Å²) in [5.41, 5.74) is 1.47. The first-order valence-electron chi connectivity index (χ1n) is 7.69. The van der Waals surface area contributed by atoms with Crippen LogP contribution in [0, 0.1) is 6.92 Å². The Morgan fingerprint density at radius 3 is 2.56 bits per heavy atom. The third-order valence-corrected chi connectivity index (χ3v) is 4.03. The average molecular weight is 371 g/mol. The normalized spacial score (nSPS) is 11.2. The number of carbonyl (C=O) groups is 1. The fourth-order valence-corrected chi connectivity index (χ4v) is 2.42. The van der Waals surface area contributed by atoms with Gasteiger partial charge >= 0.3 is 6.18 Å². The van der Waals surface area contributed by atoms with Gasteiger partial charge in [0.15, 0.2) is 0 Å². The number of hydrogen-bond acceptors (Lipinski definition) is 2. The van der Waals surface area contributed by atoms with Gasteiger partial charge in [-0.05, 0) is 36.2 Å². The minimum absolute atomic E-state index is 0.123. The Morgan fingerprint density at radius 1 is 1.16 bits per heavy atom. The van der Waals surface area contributed by atoms with Gasteiger partial charge in [-0.2, -0.15) is 13.2 Å². The Kier molecular flexibility index (Phi) is 6.31. The number of hydrogen-bond donors (Lipinski definition) is 2. The van der Waals surface area contributed by atoms with Crippen LogP contribution in [-0.4, -0.2) is 12.5 Å². The van der Waals surface area contributed by atoms with Crippen molar-refractivity contribution in [1.29, 1.82) is 0 Å². The molecule has 2 aromatic rings. The maximum absolute atomic E-state index is 12.7. The van der Waals surface area contributed by atoms with Crippen LogP contribution in [0.5, 0.6) is 0 Å². The van der Waals surface area contributed by atoms with Gasteiger partial charge in [-0.1, -0.05) is 35.9 Å². The molecule has 0 aliphatic rings. The second-order valence-corrected chi connectivity index (χ2v) is 5.98. The van der Waals surface area contributed by atoms with E-state index in [-0.39, 0.29) is 29.6 Å². The molecule has 25 heavy (non-hydrogen) atoms. The second kappa shape index (κ2) is 8.25. The zero-order chi connectivity index (χ0) is 18.4. The molecule has 3 nitrogen and oxygen atoms in total. The van der Waals surface area contributed by atoms with Gasteiger partial charge in [0.2, 0.25) is 5.91 Å². The summed E-state index contributed by atoms with van der Waals surface area (Å²) < 4.78 is 38.1. The zero-order valence-corrected chi connectivity index (χ0v) is 14.3. The fourth-order valence-electron chi connectivity index (χ4n) is 2.24. The van der Waals surface area contributed by atoms with Crippen molar-refractivity contribution in [2.45, 2.75) is 26.1 Å². The van der Waals surface area contributed by atoms with Crippen LogP contribution in [0.3, 0.4) is 0 Å². The molecule has 0 fully saturated rings. The van der Waals surface area contributed by atoms with E-state index in [2.05, 4.69) is 10.6 Å². The molecule has 0 radical (unpaired) electrons. The molecule has 0 bridgehead atoms. The third-order valence-electron chi connectivity index (χ3n) is 3.70. The summed E-state index contributed by atoms with van der Waals surface area (Å²) in [6, 6.07) is 10.7. The zero-order valence-electron chi connectivity index (χ0n) is 13.6. The lowest BCUT2D eigenvalue weighted by molar-refractivity contribution is -0.137. The van der Waals surface area contributed by atoms with E-state index in [1.54, 1.807) is 0 Å². The Balaban J connectivity index is 1.84. The van der Waals surface area contributed by atoms with Crippen LogP contribution < -0.4 is 10.6 Å². The molecule has 0 unspecified atom stereocenters. The summed E-state index contributed by atoms with van der Waals surface area (Å²) >= 11 is 5.89. The fraction of sp³-hybridized carbons (Fsp3) is 0.278. The van der Waals surface area contributed by atoms with Crippen molar-refractivity contribution in [1.82, 2.24) is 5.32 Å². The van der Waals surface area contributed by atoms with Crippen LogP contribution >= 0.6 is 11.6 Å². The van der Waals surface area contributed by atoms with Gasteiger partial charge in [-0.25, -0.2) is 0 Å². The van der Waals surface area contributed by atoms with Gasteiger partial charge in [0.1, 0.15) is 0 Å². The van der Waals surface area contributed by atoms with Crippen molar-refractivity contribution in [2.75, 3.05) is 11.9 Å². The van der Waals surface area contributed by atoms with Crippen LogP contribution in [0.25, 0.3) is 0 Å². The molecule has 2 N–H and O–H groups in total. The van der Waals surface area contributed by atoms with Crippen molar-refractivity contribution < 1.29 is 18.0 Å². The Bertz CT molecular complexity index is 747. The number of amides is 1. The molecule has 0 saturated heterocycles. The first-order chi connectivity index (χ1) is 11.8. The summed E-state index contributed by atoms with van der Waals surface area (Å²) in [6.45, 7) is 2.55. The van der Waals surface area contributed by atoms with E-state index in [4.69, 9.17) is 11.6 Å². The van der Waals surface area contributed by atoms with Crippen LogP contribution in [0.15, 0.2) is 42.5 Å². The number of rotatable bonds is 6. The topological polar surface area (TPSA) is 41.1 Å². The maximum Gasteiger partial charge on any atom is 0.416 e. The van der Waals surface area contributed by atoms with E-state index in [0.717, 1.165) is 23.3 Å². The van der Waals surface area contributed by atoms with Crippen molar-refractivity contribution in [3.8, 4) is 0 Å². The van der Waals surface area contributed by atoms with Crippen LogP contribution in [0.1, 0.15) is 23.1 Å². The summed E-state index contributed by atoms with van der Waals surface area (Å²) in [4.78, 5) is 11.9. The molecule has 0 atom stereocenters. The summed E-state index contributed by atoms with van der Waals surface area (Å²) in [6.07, 6.45) is -4.32. The van der Waals surface area contributed by atoms with Crippen molar-refractivity contribution in [3.63, 3.8) is 0 Å². The molecule has 2 aromatic carbocycles. The first-order valence-corrected chi connectivity index (χ1v) is 8.07. The van der Waals surface area contributed by atoms with Crippen LogP contribution in [0.4, 0.5) is 18.9 Å². The maximum atomic E-state index is 12.7. The summed E-state index contributed by atoms with van der Waals surface area (Å²) in [5.74, 6) is -0.196. The molecular formula is C18H18ClF3N2O. The largest absolute Gasteiger partial charge is 0.416 e. The van der Waals surface area contributed by atoms with Gasteiger partial charge in [-0.15, -0.1) is 0 Å². The smallest absolute Gasteiger partial charge is 0.383 e. The lowest BCUT2D eigenvalue weighted by Gasteiger charge is -2.12. The van der Waals surface area contributed by atoms with E-state index >= 15 is 0 Å². The summed E-state index contributed by atoms with van der Waals surface area (Å²) in [7, 11) is 0. The molecule has 0 heterocycles. The third kappa shape index (κ3) is 5.67. The number of alkyl halides is 3. The predicted molar refractivity (Wildman–Crippen MR) is 92.6 cm³/mol. The van der Waals surface area contributed by atoms with Crippen molar-refractivity contribution in [3.05, 3.63) is 64.2 Å². The lowest BCUT2D eigenvalue weighted by Crippen LogP contribution is -2.25. The van der Waals surface area contributed by atoms with E-state index in [9.17, 15) is 18.0 Å². The minimum atomic E-state index is -4.44. The lowest BCUT2D eigenvalue weighted by atomic mass is 10.1. The van der Waals surface area contributed by atoms with Crippen molar-refractivity contribution >= 4 is 23.2 Å². The van der Waals surface area contributed by atoms with E-state index in [1.807, 2.05) is 31.2 Å². The Hall–Kier alpha value is -2.21. The van der Waals surface area contributed by atoms with Crippen molar-refractivity contribution in [2.24, 2.45) is 0 Å². The van der Waals surface area contributed by atoms with Gasteiger partial charge in [0, 0.05) is 19.5 Å². The predicted octanol–water partition coefficient (Wildman–Crippen LogP) is 4.79. The monoisotopic (exact) mass is 370 g/mol. The van der Waals surface area contributed by atoms with Gasteiger partial charge < -0.3 is 10.6 Å². The molecule has 7 heteroatoms. The highest BCUT2D eigenvalue weighted by Gasteiger charge is 2.30. The number of anilines is 1. The van der Waals surface area contributed by atoms with Gasteiger partial charge in [-0.3, -0.25) is 4.79 Å². The number of benzene rings is 2. The quantitative estimate of drug-likeness (QED) is 0.768.